The van der Waals surface area contributed by atoms with Gasteiger partial charge in [0.1, 0.15) is 5.82 Å². The molecule has 6 nitrogen and oxygen atoms in total. The van der Waals surface area contributed by atoms with Gasteiger partial charge in [0, 0.05) is 19.1 Å². The van der Waals surface area contributed by atoms with Gasteiger partial charge >= 0.3 is 5.97 Å². The molecule has 0 bridgehead atoms. The van der Waals surface area contributed by atoms with Gasteiger partial charge < -0.3 is 14.5 Å². The van der Waals surface area contributed by atoms with Crippen molar-refractivity contribution in [2.75, 3.05) is 38.7 Å². The highest BCUT2D eigenvalue weighted by molar-refractivity contribution is 5.86. The fourth-order valence-electron chi connectivity index (χ4n) is 3.56. The molecule has 2 saturated heterocycles. The predicted octanol–water partition coefficient (Wildman–Crippen LogP) is 1.18. The molecule has 0 N–H and O–H groups in total. The number of methoxy groups -OCH3 is 1. The number of ether oxygens (including phenoxy) is 1. The molecule has 2 atom stereocenters. The first-order chi connectivity index (χ1) is 10.2. The van der Waals surface area contributed by atoms with E-state index in [1.807, 2.05) is 0 Å². The molecule has 0 aromatic carbocycles. The summed E-state index contributed by atoms with van der Waals surface area (Å²) in [6.45, 7) is 3.24. The Morgan fingerprint density at radius 1 is 1.29 bits per heavy atom. The molecular weight excluding hydrogens is 268 g/mol. The van der Waals surface area contributed by atoms with Crippen LogP contribution < -0.4 is 4.90 Å². The van der Waals surface area contributed by atoms with E-state index in [9.17, 15) is 4.79 Å². The van der Waals surface area contributed by atoms with Crippen molar-refractivity contribution in [2.45, 2.75) is 25.3 Å². The van der Waals surface area contributed by atoms with Gasteiger partial charge in [-0.1, -0.05) is 0 Å². The first-order valence-corrected chi connectivity index (χ1v) is 7.54. The van der Waals surface area contributed by atoms with Crippen LogP contribution in [0.4, 0.5) is 5.82 Å². The molecule has 0 aliphatic carbocycles. The standard InChI is InChI=1S/C15H22N4O2/c1-18-6-3-4-11-10-19(7-5-13(11)18)14-9-16-12(8-17-14)15(20)21-2/h8-9,11,13H,3-7,10H2,1-2H3. The number of hydrogen-bond acceptors (Lipinski definition) is 6. The number of carbonyl (C=O) groups excluding carboxylic acids is 1. The van der Waals surface area contributed by atoms with Crippen LogP contribution in [0, 0.1) is 5.92 Å². The van der Waals surface area contributed by atoms with Crippen molar-refractivity contribution in [2.24, 2.45) is 5.92 Å². The zero-order chi connectivity index (χ0) is 14.8. The van der Waals surface area contributed by atoms with E-state index in [0.29, 0.717) is 12.0 Å². The van der Waals surface area contributed by atoms with Crippen LogP contribution >= 0.6 is 0 Å². The number of esters is 1. The van der Waals surface area contributed by atoms with E-state index in [0.717, 1.165) is 18.9 Å². The summed E-state index contributed by atoms with van der Waals surface area (Å²) >= 11 is 0. The number of piperidine rings is 2. The number of carbonyl (C=O) groups is 1. The average Bonchev–Trinajstić information content (AvgIpc) is 2.54. The summed E-state index contributed by atoms with van der Waals surface area (Å²) in [5.74, 6) is 1.12. The minimum absolute atomic E-state index is 0.258. The Hall–Kier alpha value is -1.69. The third-order valence-electron chi connectivity index (χ3n) is 4.70. The second-order valence-corrected chi connectivity index (χ2v) is 5.94. The number of fused-ring (bicyclic) bond motifs is 1. The Bertz CT molecular complexity index is 505. The Balaban J connectivity index is 1.69. The highest BCUT2D eigenvalue weighted by atomic mass is 16.5. The lowest BCUT2D eigenvalue weighted by Gasteiger charge is -2.46. The molecule has 1 aromatic rings. The van der Waals surface area contributed by atoms with Gasteiger partial charge in [0.05, 0.1) is 19.5 Å². The second-order valence-electron chi connectivity index (χ2n) is 5.94. The van der Waals surface area contributed by atoms with Crippen LogP contribution in [-0.4, -0.2) is 60.7 Å². The summed E-state index contributed by atoms with van der Waals surface area (Å²) in [5.41, 5.74) is 0.258. The van der Waals surface area contributed by atoms with Crippen molar-refractivity contribution in [3.05, 3.63) is 18.1 Å². The Kier molecular flexibility index (Phi) is 4.05. The number of likely N-dealkylation sites (tertiary alicyclic amines) is 1. The maximum Gasteiger partial charge on any atom is 0.358 e. The number of hydrogen-bond donors (Lipinski definition) is 0. The SMILES string of the molecule is COC(=O)c1cnc(N2CCC3C(CCCN3C)C2)cn1. The Labute approximate surface area is 125 Å². The summed E-state index contributed by atoms with van der Waals surface area (Å²) in [6, 6.07) is 0.706. The monoisotopic (exact) mass is 290 g/mol. The van der Waals surface area contributed by atoms with Crippen molar-refractivity contribution in [3.63, 3.8) is 0 Å². The molecule has 2 fully saturated rings. The summed E-state index contributed by atoms with van der Waals surface area (Å²) in [4.78, 5) is 24.7. The largest absolute Gasteiger partial charge is 0.464 e. The first-order valence-electron chi connectivity index (χ1n) is 7.54. The summed E-state index contributed by atoms with van der Waals surface area (Å²) in [7, 11) is 3.58. The third kappa shape index (κ3) is 2.85. The zero-order valence-electron chi connectivity index (χ0n) is 12.7. The fourth-order valence-corrected chi connectivity index (χ4v) is 3.56. The summed E-state index contributed by atoms with van der Waals surface area (Å²) < 4.78 is 4.64. The molecule has 3 heterocycles. The van der Waals surface area contributed by atoms with E-state index >= 15 is 0 Å². The van der Waals surface area contributed by atoms with Gasteiger partial charge in [-0.05, 0) is 38.8 Å². The highest BCUT2D eigenvalue weighted by Crippen LogP contribution is 2.31. The summed E-state index contributed by atoms with van der Waals surface area (Å²) in [6.07, 6.45) is 6.92. The van der Waals surface area contributed by atoms with Gasteiger partial charge in [-0.25, -0.2) is 14.8 Å². The van der Waals surface area contributed by atoms with E-state index in [1.54, 1.807) is 6.20 Å². The third-order valence-corrected chi connectivity index (χ3v) is 4.70. The van der Waals surface area contributed by atoms with Crippen LogP contribution in [0.5, 0.6) is 0 Å². The maximum absolute atomic E-state index is 11.4. The minimum Gasteiger partial charge on any atom is -0.464 e. The van der Waals surface area contributed by atoms with Crippen LogP contribution in [0.25, 0.3) is 0 Å². The molecular formula is C15H22N4O2. The minimum atomic E-state index is -0.443. The van der Waals surface area contributed by atoms with E-state index in [4.69, 9.17) is 0 Å². The van der Waals surface area contributed by atoms with E-state index in [2.05, 4.69) is 31.6 Å². The molecule has 2 aliphatic rings. The van der Waals surface area contributed by atoms with Gasteiger partial charge in [0.25, 0.3) is 0 Å². The zero-order valence-corrected chi connectivity index (χ0v) is 12.7. The van der Waals surface area contributed by atoms with Crippen molar-refractivity contribution in [1.82, 2.24) is 14.9 Å². The molecule has 3 rings (SSSR count). The smallest absolute Gasteiger partial charge is 0.358 e. The maximum atomic E-state index is 11.4. The van der Waals surface area contributed by atoms with Crippen LogP contribution in [0.2, 0.25) is 0 Å². The fraction of sp³-hybridized carbons (Fsp3) is 0.667. The van der Waals surface area contributed by atoms with E-state index in [1.165, 1.54) is 39.1 Å². The lowest BCUT2D eigenvalue weighted by molar-refractivity contribution is 0.0593. The summed E-state index contributed by atoms with van der Waals surface area (Å²) in [5, 5.41) is 0. The molecule has 1 aromatic heterocycles. The molecule has 0 spiro atoms. The van der Waals surface area contributed by atoms with Gasteiger partial charge in [-0.3, -0.25) is 0 Å². The average molecular weight is 290 g/mol. The second kappa shape index (κ2) is 5.97. The Morgan fingerprint density at radius 3 is 2.86 bits per heavy atom. The molecule has 0 radical (unpaired) electrons. The molecule has 0 saturated carbocycles. The highest BCUT2D eigenvalue weighted by Gasteiger charge is 2.34. The van der Waals surface area contributed by atoms with Crippen molar-refractivity contribution in [1.29, 1.82) is 0 Å². The number of nitrogens with zero attached hydrogens (tertiary/aromatic N) is 4. The van der Waals surface area contributed by atoms with Crippen molar-refractivity contribution < 1.29 is 9.53 Å². The van der Waals surface area contributed by atoms with Gasteiger partial charge in [-0.2, -0.15) is 0 Å². The van der Waals surface area contributed by atoms with Gasteiger partial charge in [0.2, 0.25) is 0 Å². The predicted molar refractivity (Wildman–Crippen MR) is 79.3 cm³/mol. The molecule has 2 unspecified atom stereocenters. The van der Waals surface area contributed by atoms with Crippen molar-refractivity contribution in [3.8, 4) is 0 Å². The Morgan fingerprint density at radius 2 is 2.14 bits per heavy atom. The lowest BCUT2D eigenvalue weighted by atomic mass is 9.84. The quantitative estimate of drug-likeness (QED) is 0.762. The van der Waals surface area contributed by atoms with E-state index < -0.39 is 5.97 Å². The molecule has 2 aliphatic heterocycles. The number of aromatic nitrogens is 2. The van der Waals surface area contributed by atoms with Crippen molar-refractivity contribution >= 4 is 11.8 Å². The van der Waals surface area contributed by atoms with E-state index in [-0.39, 0.29) is 5.69 Å². The molecule has 6 heteroatoms. The lowest BCUT2D eigenvalue weighted by Crippen LogP contribution is -2.52. The number of rotatable bonds is 2. The van der Waals surface area contributed by atoms with Gasteiger partial charge in [-0.15, -0.1) is 0 Å². The topological polar surface area (TPSA) is 58.6 Å². The van der Waals surface area contributed by atoms with Crippen LogP contribution in [0.15, 0.2) is 12.4 Å². The molecule has 114 valence electrons. The molecule has 21 heavy (non-hydrogen) atoms. The normalized spacial score (nSPS) is 26.3. The van der Waals surface area contributed by atoms with Crippen LogP contribution in [-0.2, 0) is 4.74 Å². The van der Waals surface area contributed by atoms with Crippen LogP contribution in [0.3, 0.4) is 0 Å². The van der Waals surface area contributed by atoms with Crippen LogP contribution in [0.1, 0.15) is 29.8 Å². The number of anilines is 1. The van der Waals surface area contributed by atoms with Gasteiger partial charge in [0.15, 0.2) is 5.69 Å². The molecule has 0 amide bonds. The first kappa shape index (κ1) is 14.3.